The maximum atomic E-state index is 12.9. The first kappa shape index (κ1) is 32.1. The van der Waals surface area contributed by atoms with Crippen molar-refractivity contribution >= 4 is 28.8 Å². The van der Waals surface area contributed by atoms with Gasteiger partial charge in [-0.3, -0.25) is 19.4 Å². The maximum absolute atomic E-state index is 12.9. The fraction of sp³-hybridized carbons (Fsp3) is 0.371. The Bertz CT molecular complexity index is 1790. The number of benzene rings is 1. The highest BCUT2D eigenvalue weighted by atomic mass is 19.4. The highest BCUT2D eigenvalue weighted by Gasteiger charge is 2.30. The quantitative estimate of drug-likeness (QED) is 0.171. The molecule has 0 N–H and O–H groups in total. The molecule has 1 fully saturated rings. The van der Waals surface area contributed by atoms with Crippen molar-refractivity contribution in [3.8, 4) is 0 Å². The number of amides is 2. The van der Waals surface area contributed by atoms with E-state index in [0.29, 0.717) is 55.4 Å². The van der Waals surface area contributed by atoms with Gasteiger partial charge in [-0.25, -0.2) is 9.50 Å². The SMILES string of the molecule is O=C(CC(=O)N1CCC(Cc2ccccn2)C1)c1ccc(Cc2nc3c(C4=CCN(C(=O)CCC(F)(F)F)CC4)cccn3n2)cc1. The van der Waals surface area contributed by atoms with Crippen LogP contribution < -0.4 is 0 Å². The van der Waals surface area contributed by atoms with Gasteiger partial charge in [-0.05, 0) is 60.6 Å². The number of halogens is 3. The smallest absolute Gasteiger partial charge is 0.342 e. The number of alkyl halides is 3. The minimum atomic E-state index is -4.35. The normalized spacial score (nSPS) is 16.8. The molecule has 0 aliphatic carbocycles. The Balaban J connectivity index is 1.03. The number of hydrogen-bond donors (Lipinski definition) is 0. The van der Waals surface area contributed by atoms with E-state index in [1.54, 1.807) is 33.9 Å². The highest BCUT2D eigenvalue weighted by Crippen LogP contribution is 2.28. The van der Waals surface area contributed by atoms with E-state index in [1.807, 2.05) is 48.5 Å². The van der Waals surface area contributed by atoms with Gasteiger partial charge in [0.15, 0.2) is 17.3 Å². The third-order valence-electron chi connectivity index (χ3n) is 8.75. The van der Waals surface area contributed by atoms with Crippen molar-refractivity contribution in [1.29, 1.82) is 0 Å². The van der Waals surface area contributed by atoms with Crippen molar-refractivity contribution in [2.24, 2.45) is 5.92 Å². The molecule has 2 aliphatic heterocycles. The largest absolute Gasteiger partial charge is 0.389 e. The van der Waals surface area contributed by atoms with E-state index >= 15 is 0 Å². The fourth-order valence-corrected chi connectivity index (χ4v) is 6.21. The average Bonchev–Trinajstić information content (AvgIpc) is 3.71. The number of hydrogen-bond acceptors (Lipinski definition) is 6. The van der Waals surface area contributed by atoms with E-state index in [9.17, 15) is 27.6 Å². The van der Waals surface area contributed by atoms with Crippen LogP contribution >= 0.6 is 0 Å². The molecule has 0 saturated carbocycles. The van der Waals surface area contributed by atoms with E-state index < -0.39 is 24.9 Å². The van der Waals surface area contributed by atoms with Gasteiger partial charge >= 0.3 is 6.18 Å². The molecule has 2 aliphatic rings. The first-order valence-corrected chi connectivity index (χ1v) is 15.8. The maximum Gasteiger partial charge on any atom is 0.389 e. The van der Waals surface area contributed by atoms with Gasteiger partial charge in [0.25, 0.3) is 0 Å². The molecule has 3 aromatic heterocycles. The molecule has 1 aromatic carbocycles. The monoisotopic (exact) mass is 644 g/mol. The molecule has 1 saturated heterocycles. The molecule has 47 heavy (non-hydrogen) atoms. The van der Waals surface area contributed by atoms with Crippen molar-refractivity contribution < 1.29 is 27.6 Å². The summed E-state index contributed by atoms with van der Waals surface area (Å²) in [6.07, 6.45) is 1.90. The molecule has 1 unspecified atom stereocenters. The van der Waals surface area contributed by atoms with Crippen LogP contribution in [0.5, 0.6) is 0 Å². The van der Waals surface area contributed by atoms with Crippen LogP contribution in [0.3, 0.4) is 0 Å². The summed E-state index contributed by atoms with van der Waals surface area (Å²) in [5, 5.41) is 4.61. The van der Waals surface area contributed by atoms with E-state index in [0.717, 1.165) is 35.2 Å². The number of carbonyl (C=O) groups is 3. The van der Waals surface area contributed by atoms with Crippen molar-refractivity contribution in [2.75, 3.05) is 26.2 Å². The zero-order valence-electron chi connectivity index (χ0n) is 25.8. The van der Waals surface area contributed by atoms with Crippen LogP contribution in [-0.2, 0) is 22.4 Å². The molecule has 0 spiro atoms. The van der Waals surface area contributed by atoms with Crippen molar-refractivity contribution in [3.05, 3.63) is 101 Å². The minimum absolute atomic E-state index is 0.152. The average molecular weight is 645 g/mol. The van der Waals surface area contributed by atoms with Crippen molar-refractivity contribution in [2.45, 2.75) is 51.1 Å². The van der Waals surface area contributed by atoms with Gasteiger partial charge in [-0.1, -0.05) is 36.4 Å². The first-order valence-electron chi connectivity index (χ1n) is 15.8. The van der Waals surface area contributed by atoms with Crippen LogP contribution in [0.4, 0.5) is 13.2 Å². The Kier molecular flexibility index (Phi) is 9.46. The molecule has 4 aromatic rings. The van der Waals surface area contributed by atoms with Gasteiger partial charge in [0.1, 0.15) is 0 Å². The molecule has 1 atom stereocenters. The van der Waals surface area contributed by atoms with Crippen molar-refractivity contribution in [3.63, 3.8) is 0 Å². The summed E-state index contributed by atoms with van der Waals surface area (Å²) in [5.74, 6) is 0.0544. The van der Waals surface area contributed by atoms with Gasteiger partial charge in [-0.2, -0.15) is 18.3 Å². The lowest BCUT2D eigenvalue weighted by Crippen LogP contribution is -2.35. The standard InChI is InChI=1S/C35H35F3N6O3/c36-35(37,38)14-10-32(46)42-18-12-26(13-19-42)29-5-3-16-44-34(29)40-31(41-44)21-24-6-8-27(9-7-24)30(45)22-33(47)43-17-11-25(23-43)20-28-4-1-2-15-39-28/h1-9,12,15-16,25H,10-11,13-14,17-23H2. The van der Waals surface area contributed by atoms with Crippen LogP contribution in [0.25, 0.3) is 11.2 Å². The molecule has 0 bridgehead atoms. The number of Topliss-reactive ketones (excluding diaryl/α,β-unsaturated/α-hetero) is 1. The van der Waals surface area contributed by atoms with Crippen LogP contribution in [0, 0.1) is 5.92 Å². The van der Waals surface area contributed by atoms with Gasteiger partial charge in [0.05, 0.1) is 12.8 Å². The highest BCUT2D eigenvalue weighted by molar-refractivity contribution is 6.07. The molecular formula is C35H35F3N6O3. The third-order valence-corrected chi connectivity index (χ3v) is 8.75. The Labute approximate surface area is 270 Å². The molecule has 0 radical (unpaired) electrons. The van der Waals surface area contributed by atoms with Gasteiger partial charge in [0, 0.05) is 68.2 Å². The third kappa shape index (κ3) is 8.11. The number of pyridine rings is 2. The lowest BCUT2D eigenvalue weighted by atomic mass is 10.00. The number of aromatic nitrogens is 4. The predicted octanol–water partition coefficient (Wildman–Crippen LogP) is 5.34. The Morgan fingerprint density at radius 3 is 2.49 bits per heavy atom. The second-order valence-electron chi connectivity index (χ2n) is 12.1. The summed E-state index contributed by atoms with van der Waals surface area (Å²) in [5.41, 5.74) is 4.88. The summed E-state index contributed by atoms with van der Waals surface area (Å²) in [6.45, 7) is 1.87. The van der Waals surface area contributed by atoms with Crippen molar-refractivity contribution in [1.82, 2.24) is 29.4 Å². The van der Waals surface area contributed by atoms with Crippen LogP contribution in [0.2, 0.25) is 0 Å². The Hall–Kier alpha value is -4.87. The molecule has 6 rings (SSSR count). The number of carbonyl (C=O) groups excluding carboxylic acids is 3. The number of ketones is 1. The predicted molar refractivity (Wildman–Crippen MR) is 168 cm³/mol. The van der Waals surface area contributed by atoms with E-state index in [2.05, 4.69) is 10.1 Å². The second-order valence-corrected chi connectivity index (χ2v) is 12.1. The number of likely N-dealkylation sites (tertiary alicyclic amines) is 1. The minimum Gasteiger partial charge on any atom is -0.342 e. The number of fused-ring (bicyclic) bond motifs is 1. The lowest BCUT2D eigenvalue weighted by molar-refractivity contribution is -0.148. The zero-order valence-corrected chi connectivity index (χ0v) is 25.8. The van der Waals surface area contributed by atoms with Gasteiger partial charge in [0.2, 0.25) is 11.8 Å². The molecule has 2 amide bonds. The van der Waals surface area contributed by atoms with E-state index in [-0.39, 0.29) is 24.7 Å². The van der Waals surface area contributed by atoms with Crippen LogP contribution in [0.1, 0.15) is 65.1 Å². The number of rotatable bonds is 10. The summed E-state index contributed by atoms with van der Waals surface area (Å²) in [4.78, 5) is 50.4. The van der Waals surface area contributed by atoms with Crippen LogP contribution in [-0.4, -0.2) is 79.3 Å². The molecular weight excluding hydrogens is 609 g/mol. The topological polar surface area (TPSA) is 101 Å². The first-order chi connectivity index (χ1) is 22.6. The fourth-order valence-electron chi connectivity index (χ4n) is 6.21. The second kappa shape index (κ2) is 13.9. The summed E-state index contributed by atoms with van der Waals surface area (Å²) < 4.78 is 39.3. The molecule has 5 heterocycles. The van der Waals surface area contributed by atoms with E-state index in [4.69, 9.17) is 4.98 Å². The van der Waals surface area contributed by atoms with E-state index in [1.165, 1.54) is 4.90 Å². The molecule has 9 nitrogen and oxygen atoms in total. The summed E-state index contributed by atoms with van der Waals surface area (Å²) >= 11 is 0. The molecule has 12 heteroatoms. The lowest BCUT2D eigenvalue weighted by Gasteiger charge is -2.27. The molecule has 244 valence electrons. The Morgan fingerprint density at radius 1 is 0.936 bits per heavy atom. The summed E-state index contributed by atoms with van der Waals surface area (Å²) in [6, 6.07) is 16.8. The number of nitrogens with zero attached hydrogens (tertiary/aromatic N) is 6. The zero-order chi connectivity index (χ0) is 33.0. The van der Waals surface area contributed by atoms with Gasteiger partial charge in [-0.15, -0.1) is 0 Å². The Morgan fingerprint density at radius 2 is 1.77 bits per heavy atom. The van der Waals surface area contributed by atoms with Crippen LogP contribution in [0.15, 0.2) is 73.1 Å². The van der Waals surface area contributed by atoms with Gasteiger partial charge < -0.3 is 9.80 Å². The summed E-state index contributed by atoms with van der Waals surface area (Å²) in [7, 11) is 0.